The summed E-state index contributed by atoms with van der Waals surface area (Å²) in [5.41, 5.74) is 1.94. The van der Waals surface area contributed by atoms with E-state index in [1.165, 1.54) is 23.7 Å². The molecule has 9 nitrogen and oxygen atoms in total. The number of aromatic hydroxyl groups is 1. The lowest BCUT2D eigenvalue weighted by molar-refractivity contribution is 0.0594. The molecule has 0 bridgehead atoms. The quantitative estimate of drug-likeness (QED) is 0.219. The topological polar surface area (TPSA) is 114 Å². The highest BCUT2D eigenvalue weighted by molar-refractivity contribution is 7.92. The molecule has 0 saturated heterocycles. The first kappa shape index (κ1) is 30.1. The number of rotatable bonds is 10. The zero-order chi connectivity index (χ0) is 31.1. The van der Waals surface area contributed by atoms with Gasteiger partial charge < -0.3 is 24.3 Å². The van der Waals surface area contributed by atoms with Crippen molar-refractivity contribution in [2.75, 3.05) is 24.7 Å². The summed E-state index contributed by atoms with van der Waals surface area (Å²) in [4.78, 5) is 4.72. The third-order valence-electron chi connectivity index (χ3n) is 7.18. The molecule has 3 aromatic carbocycles. The molecule has 0 amide bonds. The Kier molecular flexibility index (Phi) is 7.97. The molecule has 2 N–H and O–H groups in total. The van der Waals surface area contributed by atoms with Crippen LogP contribution in [0.5, 0.6) is 17.4 Å². The minimum atomic E-state index is -3.76. The summed E-state index contributed by atoms with van der Waals surface area (Å²) in [5, 5.41) is 23.2. The van der Waals surface area contributed by atoms with Crippen LogP contribution in [0.1, 0.15) is 30.5 Å². The second-order valence-electron chi connectivity index (χ2n) is 11.3. The molecule has 5 aromatic rings. The standard InChI is InChI=1S/C32H34FN3O6S/c1-32(2,38)19-36-17-26-27(31(36)37)30(42-18-21-8-12-24(41-4)13-9-21)28-25(29(26)35(3)43(5,39)40)15-22(16-34-28)14-20-6-10-23(33)11-7-20/h6-13,15-17,37-38H,14,18-19H2,1-5H3. The molecule has 2 aromatic heterocycles. The number of benzene rings is 3. The lowest BCUT2D eigenvalue weighted by Crippen LogP contribution is -2.26. The van der Waals surface area contributed by atoms with E-state index in [1.54, 1.807) is 45.5 Å². The molecule has 43 heavy (non-hydrogen) atoms. The van der Waals surface area contributed by atoms with Crippen molar-refractivity contribution < 1.29 is 32.5 Å². The second-order valence-corrected chi connectivity index (χ2v) is 13.3. The number of nitrogens with zero attached hydrogens (tertiary/aromatic N) is 3. The normalized spacial score (nSPS) is 12.2. The Morgan fingerprint density at radius 2 is 1.67 bits per heavy atom. The molecular formula is C32H34FN3O6S. The van der Waals surface area contributed by atoms with E-state index in [1.807, 2.05) is 30.3 Å². The molecule has 0 spiro atoms. The van der Waals surface area contributed by atoms with Crippen LogP contribution in [0.3, 0.4) is 0 Å². The number of fused-ring (bicyclic) bond motifs is 2. The maximum Gasteiger partial charge on any atom is 0.232 e. The van der Waals surface area contributed by atoms with Crippen LogP contribution in [-0.2, 0) is 29.6 Å². The first-order valence-electron chi connectivity index (χ1n) is 13.6. The highest BCUT2D eigenvalue weighted by atomic mass is 32.2. The van der Waals surface area contributed by atoms with Crippen molar-refractivity contribution in [2.45, 2.75) is 39.0 Å². The van der Waals surface area contributed by atoms with E-state index in [9.17, 15) is 23.0 Å². The summed E-state index contributed by atoms with van der Waals surface area (Å²) in [7, 11) is -0.731. The highest BCUT2D eigenvalue weighted by Gasteiger charge is 2.28. The van der Waals surface area contributed by atoms with Gasteiger partial charge in [-0.2, -0.15) is 0 Å². The largest absolute Gasteiger partial charge is 0.497 e. The van der Waals surface area contributed by atoms with Gasteiger partial charge in [0.15, 0.2) is 5.75 Å². The van der Waals surface area contributed by atoms with E-state index in [0.29, 0.717) is 34.1 Å². The van der Waals surface area contributed by atoms with Gasteiger partial charge in [0.2, 0.25) is 15.9 Å². The molecule has 2 heterocycles. The minimum Gasteiger partial charge on any atom is -0.497 e. The van der Waals surface area contributed by atoms with Gasteiger partial charge in [-0.25, -0.2) is 12.8 Å². The fraction of sp³-hybridized carbons (Fsp3) is 0.281. The van der Waals surface area contributed by atoms with Crippen LogP contribution in [0.4, 0.5) is 10.1 Å². The third-order valence-corrected chi connectivity index (χ3v) is 8.36. The minimum absolute atomic E-state index is 0.0348. The fourth-order valence-electron chi connectivity index (χ4n) is 5.08. The molecule has 0 atom stereocenters. The Hall–Kier alpha value is -4.35. The van der Waals surface area contributed by atoms with Crippen LogP contribution in [-0.4, -0.2) is 54.2 Å². The van der Waals surface area contributed by atoms with E-state index in [2.05, 4.69) is 0 Å². The van der Waals surface area contributed by atoms with E-state index in [0.717, 1.165) is 27.3 Å². The van der Waals surface area contributed by atoms with Gasteiger partial charge in [-0.1, -0.05) is 24.3 Å². The van der Waals surface area contributed by atoms with Gasteiger partial charge in [0.1, 0.15) is 23.7 Å². The van der Waals surface area contributed by atoms with Crippen molar-refractivity contribution in [3.8, 4) is 17.4 Å². The van der Waals surface area contributed by atoms with Gasteiger partial charge in [-0.3, -0.25) is 9.29 Å². The number of anilines is 1. The summed E-state index contributed by atoms with van der Waals surface area (Å²) >= 11 is 0. The SMILES string of the molecule is COc1ccc(COc2c3ncc(Cc4ccc(F)cc4)cc3c(N(C)S(C)(=O)=O)c3cn(CC(C)(C)O)c(O)c23)cc1. The molecule has 0 aliphatic rings. The van der Waals surface area contributed by atoms with Gasteiger partial charge in [0, 0.05) is 30.2 Å². The Morgan fingerprint density at radius 3 is 2.28 bits per heavy atom. The van der Waals surface area contributed by atoms with Crippen LogP contribution in [0, 0.1) is 5.82 Å². The number of pyridine rings is 1. The number of ether oxygens (including phenoxy) is 2. The van der Waals surface area contributed by atoms with Crippen LogP contribution >= 0.6 is 0 Å². The Bertz CT molecular complexity index is 1900. The van der Waals surface area contributed by atoms with Crippen LogP contribution in [0.2, 0.25) is 0 Å². The van der Waals surface area contributed by atoms with Crippen LogP contribution < -0.4 is 13.8 Å². The summed E-state index contributed by atoms with van der Waals surface area (Å²) in [6.07, 6.45) is 4.80. The smallest absolute Gasteiger partial charge is 0.232 e. The number of aromatic nitrogens is 2. The molecule has 0 radical (unpaired) electrons. The van der Waals surface area contributed by atoms with Crippen molar-refractivity contribution in [1.29, 1.82) is 0 Å². The van der Waals surface area contributed by atoms with Crippen molar-refractivity contribution >= 4 is 37.4 Å². The molecule has 0 unspecified atom stereocenters. The summed E-state index contributed by atoms with van der Waals surface area (Å²) in [6, 6.07) is 15.3. The Labute approximate surface area is 249 Å². The van der Waals surface area contributed by atoms with E-state index in [-0.39, 0.29) is 36.0 Å². The maximum atomic E-state index is 13.5. The number of methoxy groups -OCH3 is 1. The lowest BCUT2D eigenvalue weighted by Gasteiger charge is -2.22. The Balaban J connectivity index is 1.76. The van der Waals surface area contributed by atoms with Crippen molar-refractivity contribution in [3.05, 3.63) is 89.5 Å². The summed E-state index contributed by atoms with van der Waals surface area (Å²) in [5.74, 6) is 0.436. The van der Waals surface area contributed by atoms with Gasteiger partial charge in [0.25, 0.3) is 0 Å². The highest BCUT2D eigenvalue weighted by Crippen LogP contribution is 2.48. The monoisotopic (exact) mass is 607 g/mol. The number of halogens is 1. The van der Waals surface area contributed by atoms with E-state index < -0.39 is 15.6 Å². The maximum absolute atomic E-state index is 13.5. The average Bonchev–Trinajstić information content (AvgIpc) is 3.25. The van der Waals surface area contributed by atoms with Crippen LogP contribution in [0.15, 0.2) is 67.0 Å². The zero-order valence-electron chi connectivity index (χ0n) is 24.6. The molecule has 11 heteroatoms. The first-order valence-corrected chi connectivity index (χ1v) is 15.4. The first-order chi connectivity index (χ1) is 20.2. The molecule has 0 aliphatic heterocycles. The number of hydrogen-bond acceptors (Lipinski definition) is 7. The fourth-order valence-corrected chi connectivity index (χ4v) is 5.61. The van der Waals surface area contributed by atoms with Gasteiger partial charge in [-0.15, -0.1) is 0 Å². The number of hydrogen-bond donors (Lipinski definition) is 2. The van der Waals surface area contributed by atoms with Crippen molar-refractivity contribution in [1.82, 2.24) is 9.55 Å². The van der Waals surface area contributed by atoms with Gasteiger partial charge in [-0.05, 0) is 67.3 Å². The van der Waals surface area contributed by atoms with Gasteiger partial charge >= 0.3 is 0 Å². The molecule has 0 aliphatic carbocycles. The number of aliphatic hydroxyl groups is 1. The number of sulfonamides is 1. The van der Waals surface area contributed by atoms with Gasteiger partial charge in [0.05, 0.1) is 36.6 Å². The molecule has 226 valence electrons. The molecule has 0 saturated carbocycles. The van der Waals surface area contributed by atoms with Crippen molar-refractivity contribution in [2.24, 2.45) is 0 Å². The zero-order valence-corrected chi connectivity index (χ0v) is 25.4. The predicted octanol–water partition coefficient (Wildman–Crippen LogP) is 5.38. The molecule has 0 fully saturated rings. The Morgan fingerprint density at radius 1 is 1.02 bits per heavy atom. The van der Waals surface area contributed by atoms with E-state index >= 15 is 0 Å². The average molecular weight is 608 g/mol. The third kappa shape index (κ3) is 6.37. The second kappa shape index (κ2) is 11.4. The molecular weight excluding hydrogens is 573 g/mol. The predicted molar refractivity (Wildman–Crippen MR) is 165 cm³/mol. The van der Waals surface area contributed by atoms with Crippen molar-refractivity contribution in [3.63, 3.8) is 0 Å². The lowest BCUT2D eigenvalue weighted by atomic mass is 10.0. The summed E-state index contributed by atoms with van der Waals surface area (Å²) < 4.78 is 53.6. The summed E-state index contributed by atoms with van der Waals surface area (Å²) in [6.45, 7) is 3.39. The van der Waals surface area contributed by atoms with Crippen LogP contribution in [0.25, 0.3) is 21.7 Å². The molecule has 5 rings (SSSR count). The van der Waals surface area contributed by atoms with E-state index in [4.69, 9.17) is 14.5 Å².